The van der Waals surface area contributed by atoms with Gasteiger partial charge in [0.05, 0.1) is 13.7 Å². The summed E-state index contributed by atoms with van der Waals surface area (Å²) in [5.41, 5.74) is 0. The third-order valence-corrected chi connectivity index (χ3v) is 3.69. The normalized spacial score (nSPS) is 20.2. The molecule has 0 aromatic heterocycles. The predicted molar refractivity (Wildman–Crippen MR) is 77.9 cm³/mol. The van der Waals surface area contributed by atoms with Crippen molar-refractivity contribution in [3.8, 4) is 11.5 Å². The standard InChI is InChI=1S/C16H25NO2/c1-14-5-3-10-17(13-14)11-4-12-19-16-8-6-15(18-2)7-9-16/h6-9,14H,3-5,10-13H2,1-2H3/t14-/m1/s1. The molecule has 1 aromatic rings. The summed E-state index contributed by atoms with van der Waals surface area (Å²) in [6, 6.07) is 7.78. The molecule has 1 aliphatic heterocycles. The molecule has 1 saturated heterocycles. The second kappa shape index (κ2) is 7.39. The SMILES string of the molecule is COc1ccc(OCCCN2CCC[C@@H](C)C2)cc1. The predicted octanol–water partition coefficient (Wildman–Crippen LogP) is 3.20. The summed E-state index contributed by atoms with van der Waals surface area (Å²) >= 11 is 0. The highest BCUT2D eigenvalue weighted by Gasteiger charge is 2.15. The minimum Gasteiger partial charge on any atom is -0.497 e. The van der Waals surface area contributed by atoms with E-state index in [2.05, 4.69) is 11.8 Å². The summed E-state index contributed by atoms with van der Waals surface area (Å²) in [6.45, 7) is 6.80. The van der Waals surface area contributed by atoms with Crippen LogP contribution in [0.3, 0.4) is 0 Å². The molecule has 3 heteroatoms. The van der Waals surface area contributed by atoms with Crippen molar-refractivity contribution in [2.24, 2.45) is 5.92 Å². The van der Waals surface area contributed by atoms with Crippen molar-refractivity contribution in [1.29, 1.82) is 0 Å². The van der Waals surface area contributed by atoms with Gasteiger partial charge < -0.3 is 14.4 Å². The van der Waals surface area contributed by atoms with Gasteiger partial charge in [0, 0.05) is 13.1 Å². The Hall–Kier alpha value is -1.22. The average Bonchev–Trinajstić information content (AvgIpc) is 2.44. The number of rotatable bonds is 6. The summed E-state index contributed by atoms with van der Waals surface area (Å²) in [7, 11) is 1.68. The van der Waals surface area contributed by atoms with Gasteiger partial charge in [-0.25, -0.2) is 0 Å². The van der Waals surface area contributed by atoms with E-state index in [1.54, 1.807) is 7.11 Å². The molecule has 1 aliphatic rings. The molecule has 2 rings (SSSR count). The van der Waals surface area contributed by atoms with Gasteiger partial charge in [-0.1, -0.05) is 6.92 Å². The lowest BCUT2D eigenvalue weighted by molar-refractivity contribution is 0.170. The van der Waals surface area contributed by atoms with Crippen LogP contribution in [-0.4, -0.2) is 38.3 Å². The Morgan fingerprint density at radius 2 is 1.95 bits per heavy atom. The molecule has 0 unspecified atom stereocenters. The van der Waals surface area contributed by atoms with E-state index >= 15 is 0 Å². The van der Waals surface area contributed by atoms with Crippen molar-refractivity contribution in [2.75, 3.05) is 33.4 Å². The van der Waals surface area contributed by atoms with Gasteiger partial charge in [0.25, 0.3) is 0 Å². The number of piperidine rings is 1. The zero-order chi connectivity index (χ0) is 13.5. The van der Waals surface area contributed by atoms with Crippen LogP contribution in [0.25, 0.3) is 0 Å². The monoisotopic (exact) mass is 263 g/mol. The fourth-order valence-corrected chi connectivity index (χ4v) is 2.64. The lowest BCUT2D eigenvalue weighted by atomic mass is 10.0. The number of hydrogen-bond acceptors (Lipinski definition) is 3. The van der Waals surface area contributed by atoms with Crippen LogP contribution in [0.2, 0.25) is 0 Å². The van der Waals surface area contributed by atoms with E-state index in [0.717, 1.165) is 37.0 Å². The number of benzene rings is 1. The molecule has 0 aliphatic carbocycles. The molecule has 19 heavy (non-hydrogen) atoms. The molecule has 0 saturated carbocycles. The van der Waals surface area contributed by atoms with E-state index in [1.807, 2.05) is 24.3 Å². The molecule has 1 atom stereocenters. The Morgan fingerprint density at radius 1 is 1.21 bits per heavy atom. The third kappa shape index (κ3) is 4.75. The first-order valence-electron chi connectivity index (χ1n) is 7.27. The fraction of sp³-hybridized carbons (Fsp3) is 0.625. The number of nitrogens with zero attached hydrogens (tertiary/aromatic N) is 1. The molecule has 1 aromatic carbocycles. The van der Waals surface area contributed by atoms with Gasteiger partial charge in [-0.15, -0.1) is 0 Å². The maximum atomic E-state index is 5.74. The van der Waals surface area contributed by atoms with E-state index in [0.29, 0.717) is 0 Å². The smallest absolute Gasteiger partial charge is 0.119 e. The Bertz CT molecular complexity index is 364. The molecule has 0 spiro atoms. The second-order valence-corrected chi connectivity index (χ2v) is 5.43. The topological polar surface area (TPSA) is 21.7 Å². The maximum Gasteiger partial charge on any atom is 0.119 e. The Morgan fingerprint density at radius 3 is 2.63 bits per heavy atom. The number of likely N-dealkylation sites (tertiary alicyclic amines) is 1. The van der Waals surface area contributed by atoms with Crippen LogP contribution in [0.5, 0.6) is 11.5 Å². The molecule has 0 radical (unpaired) electrons. The van der Waals surface area contributed by atoms with Crippen LogP contribution in [0.1, 0.15) is 26.2 Å². The zero-order valence-corrected chi connectivity index (χ0v) is 12.1. The summed E-state index contributed by atoms with van der Waals surface area (Å²) in [5.74, 6) is 2.65. The van der Waals surface area contributed by atoms with E-state index in [-0.39, 0.29) is 0 Å². The Labute approximate surface area is 116 Å². The quantitative estimate of drug-likeness (QED) is 0.736. The van der Waals surface area contributed by atoms with Crippen molar-refractivity contribution < 1.29 is 9.47 Å². The molecule has 0 amide bonds. The highest BCUT2D eigenvalue weighted by molar-refractivity contribution is 5.31. The van der Waals surface area contributed by atoms with Gasteiger partial charge in [-0.2, -0.15) is 0 Å². The van der Waals surface area contributed by atoms with Crippen molar-refractivity contribution in [1.82, 2.24) is 4.90 Å². The summed E-state index contributed by atoms with van der Waals surface area (Å²) in [5, 5.41) is 0. The number of ether oxygens (including phenoxy) is 2. The number of methoxy groups -OCH3 is 1. The van der Waals surface area contributed by atoms with Gasteiger partial charge in [0.2, 0.25) is 0 Å². The van der Waals surface area contributed by atoms with Crippen molar-refractivity contribution in [3.63, 3.8) is 0 Å². The lowest BCUT2D eigenvalue weighted by Crippen LogP contribution is -2.35. The van der Waals surface area contributed by atoms with E-state index in [9.17, 15) is 0 Å². The Balaban J connectivity index is 1.63. The highest BCUT2D eigenvalue weighted by atomic mass is 16.5. The van der Waals surface area contributed by atoms with Gasteiger partial charge >= 0.3 is 0 Å². The Kier molecular flexibility index (Phi) is 5.52. The van der Waals surface area contributed by atoms with Crippen molar-refractivity contribution in [3.05, 3.63) is 24.3 Å². The first-order valence-corrected chi connectivity index (χ1v) is 7.27. The van der Waals surface area contributed by atoms with Crippen LogP contribution >= 0.6 is 0 Å². The first kappa shape index (κ1) is 14.2. The van der Waals surface area contributed by atoms with Crippen LogP contribution in [0.4, 0.5) is 0 Å². The second-order valence-electron chi connectivity index (χ2n) is 5.43. The minimum atomic E-state index is 0.789. The van der Waals surface area contributed by atoms with Gasteiger partial charge in [-0.05, 0) is 56.0 Å². The van der Waals surface area contributed by atoms with Gasteiger partial charge in [-0.3, -0.25) is 0 Å². The fourth-order valence-electron chi connectivity index (χ4n) is 2.64. The molecule has 0 bridgehead atoms. The van der Waals surface area contributed by atoms with Crippen LogP contribution < -0.4 is 9.47 Å². The van der Waals surface area contributed by atoms with Crippen LogP contribution in [0, 0.1) is 5.92 Å². The summed E-state index contributed by atoms with van der Waals surface area (Å²) in [6.07, 6.45) is 3.83. The minimum absolute atomic E-state index is 0.789. The largest absolute Gasteiger partial charge is 0.497 e. The van der Waals surface area contributed by atoms with Gasteiger partial charge in [0.1, 0.15) is 11.5 Å². The molecule has 1 fully saturated rings. The van der Waals surface area contributed by atoms with Gasteiger partial charge in [0.15, 0.2) is 0 Å². The maximum absolute atomic E-state index is 5.74. The average molecular weight is 263 g/mol. The zero-order valence-electron chi connectivity index (χ0n) is 12.1. The van der Waals surface area contributed by atoms with Crippen molar-refractivity contribution in [2.45, 2.75) is 26.2 Å². The van der Waals surface area contributed by atoms with E-state index in [4.69, 9.17) is 9.47 Å². The molecule has 3 nitrogen and oxygen atoms in total. The van der Waals surface area contributed by atoms with Crippen LogP contribution in [0.15, 0.2) is 24.3 Å². The lowest BCUT2D eigenvalue weighted by Gasteiger charge is -2.30. The summed E-state index contributed by atoms with van der Waals surface area (Å²) < 4.78 is 10.9. The van der Waals surface area contributed by atoms with E-state index in [1.165, 1.54) is 25.9 Å². The molecule has 106 valence electrons. The summed E-state index contributed by atoms with van der Waals surface area (Å²) in [4.78, 5) is 2.56. The molecular weight excluding hydrogens is 238 g/mol. The molecule has 0 N–H and O–H groups in total. The molecular formula is C16H25NO2. The first-order chi connectivity index (χ1) is 9.28. The van der Waals surface area contributed by atoms with E-state index < -0.39 is 0 Å². The molecule has 1 heterocycles. The highest BCUT2D eigenvalue weighted by Crippen LogP contribution is 2.18. The third-order valence-electron chi connectivity index (χ3n) is 3.69. The van der Waals surface area contributed by atoms with Crippen LogP contribution in [-0.2, 0) is 0 Å². The number of hydrogen-bond donors (Lipinski definition) is 0. The van der Waals surface area contributed by atoms with Crippen molar-refractivity contribution >= 4 is 0 Å².